The predicted molar refractivity (Wildman–Crippen MR) is 30.8 cm³/mol. The highest BCUT2D eigenvalue weighted by Gasteiger charge is 2.08. The SMILES string of the molecule is [CH]C1CCC=C1C. The first-order valence-electron chi connectivity index (χ1n) is 2.73. The molecule has 1 unspecified atom stereocenters. The van der Waals surface area contributed by atoms with Crippen molar-refractivity contribution in [2.75, 3.05) is 0 Å². The molecular weight excluding hydrogens is 84.1 g/mol. The van der Waals surface area contributed by atoms with E-state index in [2.05, 4.69) is 13.0 Å². The molecule has 0 aromatic heterocycles. The van der Waals surface area contributed by atoms with Crippen LogP contribution in [0.5, 0.6) is 0 Å². The second-order valence-corrected chi connectivity index (χ2v) is 2.13. The van der Waals surface area contributed by atoms with Gasteiger partial charge in [0.05, 0.1) is 0 Å². The van der Waals surface area contributed by atoms with Gasteiger partial charge in [-0.3, -0.25) is 0 Å². The topological polar surface area (TPSA) is 0 Å². The summed E-state index contributed by atoms with van der Waals surface area (Å²) in [7, 11) is 0. The van der Waals surface area contributed by atoms with Crippen molar-refractivity contribution in [3.8, 4) is 0 Å². The maximum absolute atomic E-state index is 5.61. The van der Waals surface area contributed by atoms with Crippen LogP contribution >= 0.6 is 0 Å². The Labute approximate surface area is 45.2 Å². The number of rotatable bonds is 0. The summed E-state index contributed by atoms with van der Waals surface area (Å²) in [5.41, 5.74) is 1.36. The molecule has 0 heterocycles. The fourth-order valence-electron chi connectivity index (χ4n) is 0.870. The molecule has 0 aromatic rings. The monoisotopic (exact) mass is 94.1 g/mol. The van der Waals surface area contributed by atoms with Gasteiger partial charge in [-0.05, 0) is 32.6 Å². The molecule has 1 atom stereocenters. The molecule has 1 aliphatic rings. The van der Waals surface area contributed by atoms with Gasteiger partial charge < -0.3 is 0 Å². The van der Waals surface area contributed by atoms with Crippen LogP contribution in [0.1, 0.15) is 19.8 Å². The summed E-state index contributed by atoms with van der Waals surface area (Å²) >= 11 is 0. The van der Waals surface area contributed by atoms with Gasteiger partial charge in [0.1, 0.15) is 0 Å². The zero-order valence-corrected chi connectivity index (χ0v) is 4.65. The minimum Gasteiger partial charge on any atom is -0.0853 e. The van der Waals surface area contributed by atoms with Crippen LogP contribution in [0.3, 0.4) is 0 Å². The van der Waals surface area contributed by atoms with Crippen molar-refractivity contribution in [2.24, 2.45) is 5.92 Å². The van der Waals surface area contributed by atoms with Crippen molar-refractivity contribution in [3.63, 3.8) is 0 Å². The minimum atomic E-state index is 0.375. The first-order valence-corrected chi connectivity index (χ1v) is 2.73. The van der Waals surface area contributed by atoms with E-state index in [-0.39, 0.29) is 0 Å². The first-order chi connectivity index (χ1) is 3.30. The summed E-state index contributed by atoms with van der Waals surface area (Å²) in [5, 5.41) is 0. The average Bonchev–Trinajstić information content (AvgIpc) is 1.91. The molecule has 0 heteroatoms. The van der Waals surface area contributed by atoms with Crippen LogP contribution in [0, 0.1) is 12.8 Å². The molecule has 2 radical (unpaired) electrons. The molecule has 7 heavy (non-hydrogen) atoms. The number of allylic oxidation sites excluding steroid dienone is 2. The molecule has 0 amide bonds. The van der Waals surface area contributed by atoms with Crippen LogP contribution in [-0.2, 0) is 0 Å². The van der Waals surface area contributed by atoms with Crippen molar-refractivity contribution in [2.45, 2.75) is 19.8 Å². The van der Waals surface area contributed by atoms with Crippen LogP contribution in [0.15, 0.2) is 11.6 Å². The van der Waals surface area contributed by atoms with Crippen LogP contribution in [-0.4, -0.2) is 0 Å². The minimum absolute atomic E-state index is 0.375. The van der Waals surface area contributed by atoms with Crippen molar-refractivity contribution in [1.29, 1.82) is 0 Å². The van der Waals surface area contributed by atoms with Gasteiger partial charge in [-0.1, -0.05) is 11.6 Å². The molecule has 0 aliphatic heterocycles. The Hall–Kier alpha value is -0.260. The van der Waals surface area contributed by atoms with Gasteiger partial charge in [0.25, 0.3) is 0 Å². The van der Waals surface area contributed by atoms with Crippen molar-refractivity contribution in [1.82, 2.24) is 0 Å². The highest BCUT2D eigenvalue weighted by Crippen LogP contribution is 2.22. The van der Waals surface area contributed by atoms with Gasteiger partial charge >= 0.3 is 0 Å². The average molecular weight is 94.2 g/mol. The maximum Gasteiger partial charge on any atom is -0.0169 e. The Morgan fingerprint density at radius 1 is 1.86 bits per heavy atom. The number of hydrogen-bond acceptors (Lipinski definition) is 0. The highest BCUT2D eigenvalue weighted by molar-refractivity contribution is 5.10. The van der Waals surface area contributed by atoms with Gasteiger partial charge in [-0.2, -0.15) is 0 Å². The second kappa shape index (κ2) is 1.69. The number of hydrogen-bond donors (Lipinski definition) is 0. The van der Waals surface area contributed by atoms with Crippen molar-refractivity contribution in [3.05, 3.63) is 18.6 Å². The van der Waals surface area contributed by atoms with E-state index >= 15 is 0 Å². The van der Waals surface area contributed by atoms with Crippen LogP contribution in [0.2, 0.25) is 0 Å². The van der Waals surface area contributed by atoms with Crippen LogP contribution in [0.25, 0.3) is 0 Å². The zero-order chi connectivity index (χ0) is 5.28. The second-order valence-electron chi connectivity index (χ2n) is 2.13. The lowest BCUT2D eigenvalue weighted by molar-refractivity contribution is 0.737. The molecule has 1 aliphatic carbocycles. The van der Waals surface area contributed by atoms with E-state index in [0.29, 0.717) is 5.92 Å². The Morgan fingerprint density at radius 3 is 2.71 bits per heavy atom. The Kier molecular flexibility index (Phi) is 1.18. The van der Waals surface area contributed by atoms with Gasteiger partial charge in [0, 0.05) is 0 Å². The van der Waals surface area contributed by atoms with Crippen LogP contribution in [0.4, 0.5) is 0 Å². The smallest absolute Gasteiger partial charge is 0.0169 e. The van der Waals surface area contributed by atoms with Gasteiger partial charge in [0.2, 0.25) is 0 Å². The zero-order valence-electron chi connectivity index (χ0n) is 4.65. The lowest BCUT2D eigenvalue weighted by Gasteiger charge is -1.98. The van der Waals surface area contributed by atoms with Gasteiger partial charge in [0.15, 0.2) is 0 Å². The summed E-state index contributed by atoms with van der Waals surface area (Å²) in [5.74, 6) is 0.375. The van der Waals surface area contributed by atoms with E-state index in [4.69, 9.17) is 6.92 Å². The summed E-state index contributed by atoms with van der Waals surface area (Å²) in [6.45, 7) is 7.70. The Balaban J connectivity index is 2.54. The normalized spacial score (nSPS) is 30.6. The van der Waals surface area contributed by atoms with E-state index in [1.54, 1.807) is 0 Å². The van der Waals surface area contributed by atoms with E-state index in [1.165, 1.54) is 12.0 Å². The molecular formula is C7H10. The molecule has 0 N–H and O–H groups in total. The largest absolute Gasteiger partial charge is 0.0853 e. The van der Waals surface area contributed by atoms with E-state index in [1.807, 2.05) is 0 Å². The fourth-order valence-corrected chi connectivity index (χ4v) is 0.870. The third-order valence-electron chi connectivity index (χ3n) is 1.53. The molecule has 38 valence electrons. The molecule has 0 spiro atoms. The first kappa shape index (κ1) is 4.89. The Bertz CT molecular complexity index is 90.2. The highest BCUT2D eigenvalue weighted by atomic mass is 14.1. The molecule has 0 saturated heterocycles. The quantitative estimate of drug-likeness (QED) is 0.403. The van der Waals surface area contributed by atoms with Crippen molar-refractivity contribution < 1.29 is 0 Å². The lowest BCUT2D eigenvalue weighted by atomic mass is 10.1. The summed E-state index contributed by atoms with van der Waals surface area (Å²) in [4.78, 5) is 0. The van der Waals surface area contributed by atoms with Gasteiger partial charge in [-0.25, -0.2) is 0 Å². The molecule has 0 bridgehead atoms. The van der Waals surface area contributed by atoms with Gasteiger partial charge in [-0.15, -0.1) is 0 Å². The van der Waals surface area contributed by atoms with Crippen molar-refractivity contribution >= 4 is 0 Å². The fraction of sp³-hybridized carbons (Fsp3) is 0.571. The van der Waals surface area contributed by atoms with E-state index in [9.17, 15) is 0 Å². The molecule has 0 fully saturated rings. The summed E-state index contributed by atoms with van der Waals surface area (Å²) < 4.78 is 0. The third kappa shape index (κ3) is 0.846. The standard InChI is InChI=1S/C7H10/c1-6-4-3-5-7(6)2/h1,5-6H,3-4H2,2H3. The summed E-state index contributed by atoms with van der Waals surface area (Å²) in [6, 6.07) is 0. The van der Waals surface area contributed by atoms with E-state index < -0.39 is 0 Å². The third-order valence-corrected chi connectivity index (χ3v) is 1.53. The molecule has 0 saturated carbocycles. The molecule has 0 aromatic carbocycles. The van der Waals surface area contributed by atoms with Crippen LogP contribution < -0.4 is 0 Å². The predicted octanol–water partition coefficient (Wildman–Crippen LogP) is 2.05. The Morgan fingerprint density at radius 2 is 2.57 bits per heavy atom. The summed E-state index contributed by atoms with van der Waals surface area (Å²) in [6.07, 6.45) is 4.56. The maximum atomic E-state index is 5.61. The lowest BCUT2D eigenvalue weighted by Crippen LogP contribution is -1.86. The molecule has 0 nitrogen and oxygen atoms in total. The molecule has 1 rings (SSSR count). The van der Waals surface area contributed by atoms with E-state index in [0.717, 1.165) is 6.42 Å².